The third kappa shape index (κ3) is 4.17. The van der Waals surface area contributed by atoms with Crippen molar-refractivity contribution in [3.63, 3.8) is 0 Å². The van der Waals surface area contributed by atoms with E-state index in [9.17, 15) is 5.26 Å². The third-order valence-electron chi connectivity index (χ3n) is 3.94. The van der Waals surface area contributed by atoms with Crippen molar-refractivity contribution in [2.45, 2.75) is 24.3 Å². The summed E-state index contributed by atoms with van der Waals surface area (Å²) in [5.41, 5.74) is 10.6. The molecule has 0 aliphatic heterocycles. The molecule has 3 rings (SSSR count). The summed E-state index contributed by atoms with van der Waals surface area (Å²) >= 11 is 1.53. The number of aryl methyl sites for hydroxylation is 1. The van der Waals surface area contributed by atoms with Crippen LogP contribution in [0.3, 0.4) is 0 Å². The van der Waals surface area contributed by atoms with Crippen LogP contribution in [0, 0.1) is 18.3 Å². The maximum absolute atomic E-state index is 9.40. The van der Waals surface area contributed by atoms with E-state index in [0.29, 0.717) is 22.8 Å². The second kappa shape index (κ2) is 7.82. The maximum atomic E-state index is 9.40. The van der Waals surface area contributed by atoms with Crippen LogP contribution in [0.15, 0.2) is 59.8 Å². The molecule has 5 heteroatoms. The Morgan fingerprint density at radius 2 is 1.76 bits per heavy atom. The van der Waals surface area contributed by atoms with Crippen molar-refractivity contribution in [3.8, 4) is 6.07 Å². The van der Waals surface area contributed by atoms with E-state index < -0.39 is 0 Å². The second-order valence-electron chi connectivity index (χ2n) is 5.70. The highest BCUT2D eigenvalue weighted by Crippen LogP contribution is 2.25. The molecule has 124 valence electrons. The third-order valence-corrected chi connectivity index (χ3v) is 4.83. The number of hydrogen-bond acceptors (Lipinski definition) is 5. The largest absolute Gasteiger partial charge is 0.382 e. The SMILES string of the molecule is Cc1ccccc1CSc1nc(N)c(C#N)c(Cc2ccccc2)n1. The van der Waals surface area contributed by atoms with Gasteiger partial charge in [-0.15, -0.1) is 0 Å². The Kier molecular flexibility index (Phi) is 5.32. The first-order valence-corrected chi connectivity index (χ1v) is 8.93. The fourth-order valence-electron chi connectivity index (χ4n) is 2.52. The average Bonchev–Trinajstić information content (AvgIpc) is 2.62. The lowest BCUT2D eigenvalue weighted by Gasteiger charge is -2.09. The van der Waals surface area contributed by atoms with Crippen molar-refractivity contribution in [3.05, 3.63) is 82.5 Å². The summed E-state index contributed by atoms with van der Waals surface area (Å²) in [4.78, 5) is 8.89. The molecule has 0 saturated carbocycles. The van der Waals surface area contributed by atoms with Crippen LogP contribution in [-0.4, -0.2) is 9.97 Å². The van der Waals surface area contributed by atoms with Gasteiger partial charge in [0.2, 0.25) is 0 Å². The molecule has 0 fully saturated rings. The molecule has 0 amide bonds. The Balaban J connectivity index is 1.86. The van der Waals surface area contributed by atoms with Gasteiger partial charge in [0, 0.05) is 12.2 Å². The average molecular weight is 346 g/mol. The van der Waals surface area contributed by atoms with Crippen molar-refractivity contribution >= 4 is 17.6 Å². The summed E-state index contributed by atoms with van der Waals surface area (Å²) < 4.78 is 0. The topological polar surface area (TPSA) is 75.6 Å². The monoisotopic (exact) mass is 346 g/mol. The van der Waals surface area contributed by atoms with Gasteiger partial charge in [0.15, 0.2) is 5.16 Å². The molecule has 0 atom stereocenters. The first-order valence-electron chi connectivity index (χ1n) is 7.95. The van der Waals surface area contributed by atoms with Gasteiger partial charge in [0.25, 0.3) is 0 Å². The molecule has 1 heterocycles. The second-order valence-corrected chi connectivity index (χ2v) is 6.64. The summed E-state index contributed by atoms with van der Waals surface area (Å²) in [7, 11) is 0. The molecule has 0 aliphatic carbocycles. The van der Waals surface area contributed by atoms with Crippen molar-refractivity contribution in [2.24, 2.45) is 0 Å². The molecule has 0 radical (unpaired) electrons. The van der Waals surface area contributed by atoms with E-state index in [1.54, 1.807) is 0 Å². The summed E-state index contributed by atoms with van der Waals surface area (Å²) in [5, 5.41) is 10.00. The predicted molar refractivity (Wildman–Crippen MR) is 101 cm³/mol. The van der Waals surface area contributed by atoms with Crippen LogP contribution in [0.25, 0.3) is 0 Å². The van der Waals surface area contributed by atoms with Crippen LogP contribution in [0.1, 0.15) is 27.9 Å². The normalized spacial score (nSPS) is 10.4. The number of nitrogens with two attached hydrogens (primary N) is 1. The number of benzene rings is 2. The van der Waals surface area contributed by atoms with Gasteiger partial charge in [-0.25, -0.2) is 9.97 Å². The molecule has 3 aromatic rings. The number of thioether (sulfide) groups is 1. The van der Waals surface area contributed by atoms with Gasteiger partial charge in [-0.2, -0.15) is 5.26 Å². The van der Waals surface area contributed by atoms with E-state index in [1.165, 1.54) is 22.9 Å². The summed E-state index contributed by atoms with van der Waals surface area (Å²) in [6, 6.07) is 20.3. The molecule has 1 aromatic heterocycles. The van der Waals surface area contributed by atoms with Crippen molar-refractivity contribution in [1.82, 2.24) is 9.97 Å². The number of nitriles is 1. The van der Waals surface area contributed by atoms with E-state index in [-0.39, 0.29) is 5.82 Å². The number of rotatable bonds is 5. The highest BCUT2D eigenvalue weighted by molar-refractivity contribution is 7.98. The van der Waals surface area contributed by atoms with Crippen LogP contribution < -0.4 is 5.73 Å². The zero-order valence-electron chi connectivity index (χ0n) is 13.9. The van der Waals surface area contributed by atoms with E-state index in [2.05, 4.69) is 35.1 Å². The first-order chi connectivity index (χ1) is 12.2. The van der Waals surface area contributed by atoms with E-state index in [4.69, 9.17) is 5.73 Å². The molecule has 0 spiro atoms. The Morgan fingerprint density at radius 1 is 1.04 bits per heavy atom. The van der Waals surface area contributed by atoms with Gasteiger partial charge in [0.05, 0.1) is 5.69 Å². The van der Waals surface area contributed by atoms with E-state index in [1.807, 2.05) is 42.5 Å². The lowest BCUT2D eigenvalue weighted by Crippen LogP contribution is -2.06. The minimum Gasteiger partial charge on any atom is -0.382 e. The van der Waals surface area contributed by atoms with Crippen molar-refractivity contribution < 1.29 is 0 Å². The van der Waals surface area contributed by atoms with Crippen molar-refractivity contribution in [2.75, 3.05) is 5.73 Å². The van der Waals surface area contributed by atoms with Crippen LogP contribution in [-0.2, 0) is 12.2 Å². The molecule has 4 nitrogen and oxygen atoms in total. The Hall–Kier alpha value is -2.84. The molecule has 2 aromatic carbocycles. The zero-order chi connectivity index (χ0) is 17.6. The summed E-state index contributed by atoms with van der Waals surface area (Å²) in [6.45, 7) is 2.09. The van der Waals surface area contributed by atoms with Gasteiger partial charge in [0.1, 0.15) is 17.5 Å². The smallest absolute Gasteiger partial charge is 0.190 e. The number of anilines is 1. The molecule has 25 heavy (non-hydrogen) atoms. The molecule has 0 bridgehead atoms. The minimum atomic E-state index is 0.246. The summed E-state index contributed by atoms with van der Waals surface area (Å²) in [6.07, 6.45) is 0.564. The van der Waals surface area contributed by atoms with Gasteiger partial charge in [-0.3, -0.25) is 0 Å². The number of aromatic nitrogens is 2. The predicted octanol–water partition coefficient (Wildman–Crippen LogP) is 4.12. The minimum absolute atomic E-state index is 0.246. The fraction of sp³-hybridized carbons (Fsp3) is 0.150. The van der Waals surface area contributed by atoms with Crippen LogP contribution in [0.2, 0.25) is 0 Å². The van der Waals surface area contributed by atoms with Gasteiger partial charge >= 0.3 is 0 Å². The molecule has 0 saturated heterocycles. The Bertz CT molecular complexity index is 917. The number of nitrogen functional groups attached to an aromatic ring is 1. The Morgan fingerprint density at radius 3 is 2.48 bits per heavy atom. The van der Waals surface area contributed by atoms with E-state index >= 15 is 0 Å². The molecule has 0 aliphatic rings. The number of hydrogen-bond donors (Lipinski definition) is 1. The fourth-order valence-corrected chi connectivity index (χ4v) is 3.47. The lowest BCUT2D eigenvalue weighted by molar-refractivity contribution is 0.902. The van der Waals surface area contributed by atoms with Gasteiger partial charge in [-0.05, 0) is 23.6 Å². The van der Waals surface area contributed by atoms with Gasteiger partial charge in [-0.1, -0.05) is 66.4 Å². The van der Waals surface area contributed by atoms with Crippen LogP contribution >= 0.6 is 11.8 Å². The van der Waals surface area contributed by atoms with Crippen molar-refractivity contribution in [1.29, 1.82) is 5.26 Å². The highest BCUT2D eigenvalue weighted by atomic mass is 32.2. The first kappa shape index (κ1) is 17.0. The molecule has 0 unspecified atom stereocenters. The standard InChI is InChI=1S/C20H18N4S/c1-14-7-5-6-10-16(14)13-25-20-23-18(17(12-21)19(22)24-20)11-15-8-3-2-4-9-15/h2-10H,11,13H2,1H3,(H2,22,23,24). The summed E-state index contributed by atoms with van der Waals surface area (Å²) in [5.74, 6) is 1.01. The lowest BCUT2D eigenvalue weighted by atomic mass is 10.1. The van der Waals surface area contributed by atoms with Crippen LogP contribution in [0.5, 0.6) is 0 Å². The molecular weight excluding hydrogens is 328 g/mol. The number of nitrogens with zero attached hydrogens (tertiary/aromatic N) is 3. The highest BCUT2D eigenvalue weighted by Gasteiger charge is 2.13. The Labute approximate surface area is 151 Å². The molecular formula is C20H18N4S. The van der Waals surface area contributed by atoms with Crippen LogP contribution in [0.4, 0.5) is 5.82 Å². The maximum Gasteiger partial charge on any atom is 0.190 e. The molecule has 2 N–H and O–H groups in total. The quantitative estimate of drug-likeness (QED) is 0.555. The zero-order valence-corrected chi connectivity index (χ0v) is 14.8. The van der Waals surface area contributed by atoms with Gasteiger partial charge < -0.3 is 5.73 Å². The van der Waals surface area contributed by atoms with E-state index in [0.717, 1.165) is 11.3 Å².